The first kappa shape index (κ1) is 10.0. The maximum Gasteiger partial charge on any atom is 0.0726 e. The Bertz CT molecular complexity index is 138. The van der Waals surface area contributed by atoms with Crippen LogP contribution in [0.25, 0.3) is 0 Å². The van der Waals surface area contributed by atoms with Gasteiger partial charge in [0.1, 0.15) is 0 Å². The molecule has 0 aromatic heterocycles. The van der Waals surface area contributed by atoms with E-state index in [0.29, 0.717) is 5.41 Å². The highest BCUT2D eigenvalue weighted by molar-refractivity contribution is 4.94. The van der Waals surface area contributed by atoms with Crippen LogP contribution in [0.5, 0.6) is 0 Å². The van der Waals surface area contributed by atoms with Crippen LogP contribution < -0.4 is 0 Å². The topological polar surface area (TPSA) is 9.23 Å². The quantitative estimate of drug-likeness (QED) is 0.586. The van der Waals surface area contributed by atoms with Crippen LogP contribution in [0.2, 0.25) is 0 Å². The van der Waals surface area contributed by atoms with Crippen LogP contribution in [0.4, 0.5) is 0 Å². The van der Waals surface area contributed by atoms with E-state index in [2.05, 4.69) is 20.8 Å². The van der Waals surface area contributed by atoms with Crippen molar-refractivity contribution in [1.82, 2.24) is 0 Å². The zero-order valence-electron chi connectivity index (χ0n) is 8.94. The fraction of sp³-hybridized carbons (Fsp3) is 1.00. The van der Waals surface area contributed by atoms with Gasteiger partial charge in [0.25, 0.3) is 0 Å². The number of hydrogen-bond acceptors (Lipinski definition) is 1. The molecular formula is C11H22O. The van der Waals surface area contributed by atoms with E-state index < -0.39 is 0 Å². The maximum atomic E-state index is 5.74. The Hall–Kier alpha value is -0.0400. The molecule has 0 aromatic carbocycles. The Morgan fingerprint density at radius 3 is 1.75 bits per heavy atom. The second-order valence-corrected chi connectivity index (χ2v) is 5.01. The van der Waals surface area contributed by atoms with Crippen LogP contribution in [0.15, 0.2) is 0 Å². The summed E-state index contributed by atoms with van der Waals surface area (Å²) in [6.07, 6.45) is 6.55. The summed E-state index contributed by atoms with van der Waals surface area (Å²) in [5.41, 5.74) is 0.452. The number of hydrogen-bond donors (Lipinski definition) is 0. The lowest BCUT2D eigenvalue weighted by atomic mass is 9.68. The summed E-state index contributed by atoms with van der Waals surface area (Å²) in [4.78, 5) is 0. The first-order valence-corrected chi connectivity index (χ1v) is 5.07. The molecule has 0 bridgehead atoms. The highest BCUT2D eigenvalue weighted by atomic mass is 16.5. The fourth-order valence-corrected chi connectivity index (χ4v) is 2.38. The summed E-state index contributed by atoms with van der Waals surface area (Å²) in [5.74, 6) is 0. The van der Waals surface area contributed by atoms with Crippen LogP contribution in [0.3, 0.4) is 0 Å². The van der Waals surface area contributed by atoms with Crippen molar-refractivity contribution in [3.05, 3.63) is 0 Å². The summed E-state index contributed by atoms with van der Waals surface area (Å²) < 4.78 is 5.74. The smallest absolute Gasteiger partial charge is 0.0726 e. The Morgan fingerprint density at radius 2 is 1.50 bits per heavy atom. The summed E-state index contributed by atoms with van der Waals surface area (Å²) in [6.45, 7) is 6.88. The van der Waals surface area contributed by atoms with Crippen molar-refractivity contribution in [2.24, 2.45) is 5.41 Å². The van der Waals surface area contributed by atoms with Crippen LogP contribution >= 0.6 is 0 Å². The van der Waals surface area contributed by atoms with Gasteiger partial charge in [0.2, 0.25) is 0 Å². The largest absolute Gasteiger partial charge is 0.378 e. The highest BCUT2D eigenvalue weighted by Gasteiger charge is 2.42. The molecule has 0 aromatic rings. The lowest BCUT2D eigenvalue weighted by molar-refractivity contribution is -0.115. The normalized spacial score (nSPS) is 24.0. The van der Waals surface area contributed by atoms with Crippen molar-refractivity contribution in [1.29, 1.82) is 0 Å². The van der Waals surface area contributed by atoms with E-state index in [1.165, 1.54) is 32.1 Å². The molecule has 0 spiro atoms. The molecule has 0 heterocycles. The van der Waals surface area contributed by atoms with E-state index in [-0.39, 0.29) is 5.60 Å². The molecule has 0 amide bonds. The van der Waals surface area contributed by atoms with Crippen molar-refractivity contribution in [3.8, 4) is 0 Å². The second-order valence-electron chi connectivity index (χ2n) is 5.01. The Balaban J connectivity index is 2.73. The number of ether oxygens (including phenoxy) is 1. The standard InChI is InChI=1S/C11H22O/c1-10(2,3)11(12-4)8-6-5-7-9-11/h5-9H2,1-4H3. The van der Waals surface area contributed by atoms with Crippen LogP contribution in [-0.2, 0) is 4.74 Å². The summed E-state index contributed by atoms with van der Waals surface area (Å²) in [5, 5.41) is 0. The lowest BCUT2D eigenvalue weighted by Crippen LogP contribution is -2.46. The van der Waals surface area contributed by atoms with Gasteiger partial charge in [-0.15, -0.1) is 0 Å². The summed E-state index contributed by atoms with van der Waals surface area (Å²) in [6, 6.07) is 0. The molecule has 1 fully saturated rings. The van der Waals surface area contributed by atoms with Gasteiger partial charge in [0.15, 0.2) is 0 Å². The predicted molar refractivity (Wildman–Crippen MR) is 52.3 cm³/mol. The van der Waals surface area contributed by atoms with Crippen molar-refractivity contribution < 1.29 is 4.74 Å². The van der Waals surface area contributed by atoms with Gasteiger partial charge in [0, 0.05) is 7.11 Å². The molecule has 1 aliphatic carbocycles. The molecule has 0 unspecified atom stereocenters. The van der Waals surface area contributed by atoms with Crippen LogP contribution in [0, 0.1) is 5.41 Å². The minimum Gasteiger partial charge on any atom is -0.378 e. The number of methoxy groups -OCH3 is 1. The van der Waals surface area contributed by atoms with E-state index >= 15 is 0 Å². The van der Waals surface area contributed by atoms with Gasteiger partial charge in [-0.3, -0.25) is 0 Å². The Morgan fingerprint density at radius 1 is 1.00 bits per heavy atom. The van der Waals surface area contributed by atoms with E-state index in [0.717, 1.165) is 0 Å². The first-order chi connectivity index (χ1) is 5.52. The third-order valence-corrected chi connectivity index (χ3v) is 3.42. The van der Waals surface area contributed by atoms with E-state index in [9.17, 15) is 0 Å². The zero-order chi connectivity index (χ0) is 9.24. The molecule has 1 aliphatic rings. The van der Waals surface area contributed by atoms with Crippen molar-refractivity contribution in [2.45, 2.75) is 58.5 Å². The fourth-order valence-electron chi connectivity index (χ4n) is 2.38. The van der Waals surface area contributed by atoms with Gasteiger partial charge >= 0.3 is 0 Å². The SMILES string of the molecule is COC1(C(C)(C)C)CCCCC1. The van der Waals surface area contributed by atoms with Crippen molar-refractivity contribution in [2.75, 3.05) is 7.11 Å². The van der Waals surface area contributed by atoms with Crippen molar-refractivity contribution >= 4 is 0 Å². The molecule has 1 saturated carbocycles. The lowest BCUT2D eigenvalue weighted by Gasteiger charge is -2.46. The molecule has 0 N–H and O–H groups in total. The summed E-state index contributed by atoms with van der Waals surface area (Å²) in [7, 11) is 1.87. The molecule has 1 nitrogen and oxygen atoms in total. The minimum atomic E-state index is 0.158. The molecule has 1 rings (SSSR count). The van der Waals surface area contributed by atoms with Gasteiger partial charge in [-0.1, -0.05) is 40.0 Å². The van der Waals surface area contributed by atoms with Gasteiger partial charge < -0.3 is 4.74 Å². The third-order valence-electron chi connectivity index (χ3n) is 3.42. The van der Waals surface area contributed by atoms with Crippen molar-refractivity contribution in [3.63, 3.8) is 0 Å². The maximum absolute atomic E-state index is 5.74. The monoisotopic (exact) mass is 170 g/mol. The molecule has 0 aliphatic heterocycles. The second kappa shape index (κ2) is 3.37. The van der Waals surface area contributed by atoms with E-state index in [1.54, 1.807) is 0 Å². The van der Waals surface area contributed by atoms with Crippen LogP contribution in [-0.4, -0.2) is 12.7 Å². The van der Waals surface area contributed by atoms with Gasteiger partial charge in [0.05, 0.1) is 5.60 Å². The molecule has 72 valence electrons. The Labute approximate surface area is 76.5 Å². The van der Waals surface area contributed by atoms with E-state index in [4.69, 9.17) is 4.74 Å². The van der Waals surface area contributed by atoms with E-state index in [1.807, 2.05) is 7.11 Å². The number of rotatable bonds is 1. The molecule has 1 heteroatoms. The molecule has 0 atom stereocenters. The molecule has 12 heavy (non-hydrogen) atoms. The Kier molecular flexibility index (Phi) is 2.82. The minimum absolute atomic E-state index is 0.158. The molecule has 0 radical (unpaired) electrons. The third kappa shape index (κ3) is 1.66. The van der Waals surface area contributed by atoms with Crippen LogP contribution in [0.1, 0.15) is 52.9 Å². The predicted octanol–water partition coefficient (Wildman–Crippen LogP) is 3.38. The summed E-state index contributed by atoms with van der Waals surface area (Å²) >= 11 is 0. The average Bonchev–Trinajstić information content (AvgIpc) is 2.04. The highest BCUT2D eigenvalue weighted by Crippen LogP contribution is 2.44. The average molecular weight is 170 g/mol. The molecule has 0 saturated heterocycles. The molecular weight excluding hydrogens is 148 g/mol. The first-order valence-electron chi connectivity index (χ1n) is 5.07. The zero-order valence-corrected chi connectivity index (χ0v) is 8.94. The van der Waals surface area contributed by atoms with Gasteiger partial charge in [-0.2, -0.15) is 0 Å². The van der Waals surface area contributed by atoms with Gasteiger partial charge in [-0.25, -0.2) is 0 Å². The van der Waals surface area contributed by atoms with Gasteiger partial charge in [-0.05, 0) is 18.3 Å².